The van der Waals surface area contributed by atoms with Crippen molar-refractivity contribution in [1.82, 2.24) is 4.90 Å². The second-order valence-electron chi connectivity index (χ2n) is 6.86. The maximum atomic E-state index is 13.5. The van der Waals surface area contributed by atoms with Crippen LogP contribution in [0.2, 0.25) is 0 Å². The van der Waals surface area contributed by atoms with E-state index >= 15 is 0 Å². The third-order valence-corrected chi connectivity index (χ3v) is 4.88. The summed E-state index contributed by atoms with van der Waals surface area (Å²) < 4.78 is 0. The first kappa shape index (κ1) is 21.1. The maximum Gasteiger partial charge on any atom is 0.245 e. The lowest BCUT2D eigenvalue weighted by Crippen LogP contribution is -2.60. The Bertz CT molecular complexity index is 786. The molecule has 0 fully saturated rings. The Balaban J connectivity index is 2.36. The van der Waals surface area contributed by atoms with Crippen LogP contribution in [0, 0.1) is 5.41 Å². The lowest BCUT2D eigenvalue weighted by molar-refractivity contribution is -0.134. The largest absolute Gasteiger partial charge is 0.370 e. The second-order valence-corrected chi connectivity index (χ2v) is 6.86. The van der Waals surface area contributed by atoms with Crippen molar-refractivity contribution in [3.63, 3.8) is 0 Å². The number of benzene rings is 2. The second kappa shape index (κ2) is 9.14. The zero-order valence-corrected chi connectivity index (χ0v) is 16.0. The summed E-state index contributed by atoms with van der Waals surface area (Å²) in [6, 6.07) is 18.4. The smallest absolute Gasteiger partial charge is 0.245 e. The molecule has 0 saturated carbocycles. The molecule has 0 aromatic heterocycles. The molecule has 148 valence electrons. The van der Waals surface area contributed by atoms with E-state index in [0.717, 1.165) is 11.1 Å². The number of amides is 1. The molecule has 0 radical (unpaired) electrons. The summed E-state index contributed by atoms with van der Waals surface area (Å²) in [6.45, 7) is 0.385. The van der Waals surface area contributed by atoms with Gasteiger partial charge in [-0.2, -0.15) is 0 Å². The highest BCUT2D eigenvalue weighted by Crippen LogP contribution is 2.30. The Morgan fingerprint density at radius 1 is 1.00 bits per heavy atom. The number of primary amides is 1. The number of guanidine groups is 1. The number of nitrogens with zero attached hydrogens (tertiary/aromatic N) is 1. The van der Waals surface area contributed by atoms with E-state index in [9.17, 15) is 9.59 Å². The molecule has 0 aliphatic rings. The quantitative estimate of drug-likeness (QED) is 0.293. The molecule has 1 amide bonds. The van der Waals surface area contributed by atoms with Crippen molar-refractivity contribution in [3.05, 3.63) is 71.8 Å². The third-order valence-electron chi connectivity index (χ3n) is 4.88. The van der Waals surface area contributed by atoms with Crippen molar-refractivity contribution in [2.75, 3.05) is 13.6 Å². The van der Waals surface area contributed by atoms with Crippen molar-refractivity contribution in [2.24, 2.45) is 17.2 Å². The predicted molar refractivity (Wildman–Crippen MR) is 110 cm³/mol. The molecular weight excluding hydrogens is 354 g/mol. The van der Waals surface area contributed by atoms with Crippen molar-refractivity contribution < 1.29 is 9.59 Å². The average Bonchev–Trinajstić information content (AvgIpc) is 2.69. The van der Waals surface area contributed by atoms with Gasteiger partial charge in [-0.15, -0.1) is 0 Å². The van der Waals surface area contributed by atoms with Crippen LogP contribution in [-0.4, -0.2) is 41.7 Å². The summed E-state index contributed by atoms with van der Waals surface area (Å²) in [5.41, 5.74) is 17.0. The molecule has 0 aliphatic carbocycles. The zero-order valence-electron chi connectivity index (χ0n) is 16.0. The first-order valence-corrected chi connectivity index (χ1v) is 9.05. The van der Waals surface area contributed by atoms with Crippen LogP contribution >= 0.6 is 0 Å². The van der Waals surface area contributed by atoms with E-state index in [0.29, 0.717) is 13.0 Å². The van der Waals surface area contributed by atoms with Gasteiger partial charge in [-0.25, -0.2) is 0 Å². The number of Topliss-reactive ketones (excluding diaryl/α,β-unsaturated/α-hetero) is 1. The van der Waals surface area contributed by atoms with Crippen LogP contribution < -0.4 is 17.2 Å². The number of carbonyl (C=O) groups is 2. The number of nitrogens with one attached hydrogen (secondary N) is 1. The highest BCUT2D eigenvalue weighted by Gasteiger charge is 2.44. The fourth-order valence-electron chi connectivity index (χ4n) is 3.13. The van der Waals surface area contributed by atoms with Gasteiger partial charge in [0, 0.05) is 13.6 Å². The van der Waals surface area contributed by atoms with Gasteiger partial charge in [-0.3, -0.25) is 15.0 Å². The Labute approximate surface area is 165 Å². The molecule has 0 aliphatic heterocycles. The van der Waals surface area contributed by atoms with Gasteiger partial charge in [0.1, 0.15) is 0 Å². The van der Waals surface area contributed by atoms with Gasteiger partial charge in [0.25, 0.3) is 0 Å². The molecular formula is C21H27N5O2. The SMILES string of the molecule is CN(CCC[C@](N)(C(N)=O)C(=O)C(c1ccccc1)c1ccccc1)C(=N)N. The number of hydrogen-bond acceptors (Lipinski definition) is 4. The van der Waals surface area contributed by atoms with E-state index in [1.165, 1.54) is 4.90 Å². The highest BCUT2D eigenvalue weighted by atomic mass is 16.2. The molecule has 0 bridgehead atoms. The summed E-state index contributed by atoms with van der Waals surface area (Å²) in [4.78, 5) is 27.3. The third kappa shape index (κ3) is 4.75. The van der Waals surface area contributed by atoms with Crippen molar-refractivity contribution in [1.29, 1.82) is 5.41 Å². The van der Waals surface area contributed by atoms with Crippen LogP contribution in [0.5, 0.6) is 0 Å². The monoisotopic (exact) mass is 381 g/mol. The minimum absolute atomic E-state index is 0.0644. The topological polar surface area (TPSA) is 139 Å². The number of carbonyl (C=O) groups excluding carboxylic acids is 2. The van der Waals surface area contributed by atoms with Gasteiger partial charge in [0.05, 0.1) is 5.92 Å². The summed E-state index contributed by atoms with van der Waals surface area (Å²) in [5.74, 6) is -2.10. The van der Waals surface area contributed by atoms with Gasteiger partial charge in [-0.1, -0.05) is 60.7 Å². The normalized spacial score (nSPS) is 13.0. The number of nitrogens with two attached hydrogens (primary N) is 3. The lowest BCUT2D eigenvalue weighted by atomic mass is 9.76. The number of hydrogen-bond donors (Lipinski definition) is 4. The summed E-state index contributed by atoms with van der Waals surface area (Å²) >= 11 is 0. The van der Waals surface area contributed by atoms with E-state index in [1.807, 2.05) is 60.7 Å². The molecule has 7 N–H and O–H groups in total. The fraction of sp³-hybridized carbons (Fsp3) is 0.286. The number of ketones is 1. The van der Waals surface area contributed by atoms with E-state index in [-0.39, 0.29) is 12.4 Å². The maximum absolute atomic E-state index is 13.5. The van der Waals surface area contributed by atoms with Crippen LogP contribution in [0.1, 0.15) is 29.9 Å². The molecule has 2 aromatic carbocycles. The van der Waals surface area contributed by atoms with Crippen LogP contribution in [-0.2, 0) is 9.59 Å². The van der Waals surface area contributed by atoms with Crippen LogP contribution in [0.4, 0.5) is 0 Å². The summed E-state index contributed by atoms with van der Waals surface area (Å²) in [7, 11) is 1.66. The zero-order chi connectivity index (χ0) is 20.7. The Kier molecular flexibility index (Phi) is 6.89. The van der Waals surface area contributed by atoms with E-state index in [2.05, 4.69) is 0 Å². The van der Waals surface area contributed by atoms with Gasteiger partial charge in [-0.05, 0) is 24.0 Å². The first-order chi connectivity index (χ1) is 13.3. The van der Waals surface area contributed by atoms with Crippen molar-refractivity contribution >= 4 is 17.6 Å². The molecule has 0 spiro atoms. The molecule has 0 heterocycles. The Morgan fingerprint density at radius 2 is 1.46 bits per heavy atom. The standard InChI is InChI=1S/C21H27N5O2/c1-26(20(23)24)14-8-13-21(25,19(22)28)18(27)17(15-9-4-2-5-10-15)16-11-6-3-7-12-16/h2-7,9-12,17H,8,13-14,25H2,1H3,(H2,22,28)(H3,23,24)/t21-/m1/s1. The van der Waals surface area contributed by atoms with E-state index in [4.69, 9.17) is 22.6 Å². The van der Waals surface area contributed by atoms with Crippen LogP contribution in [0.25, 0.3) is 0 Å². The van der Waals surface area contributed by atoms with Gasteiger partial charge in [0.2, 0.25) is 5.91 Å². The first-order valence-electron chi connectivity index (χ1n) is 9.05. The van der Waals surface area contributed by atoms with E-state index < -0.39 is 23.1 Å². The average molecular weight is 381 g/mol. The summed E-state index contributed by atoms with van der Waals surface area (Å²) in [6.07, 6.45) is 0.451. The van der Waals surface area contributed by atoms with Gasteiger partial charge < -0.3 is 22.1 Å². The van der Waals surface area contributed by atoms with Crippen molar-refractivity contribution in [2.45, 2.75) is 24.3 Å². The Hall–Kier alpha value is -3.19. The molecule has 7 heteroatoms. The number of rotatable bonds is 9. The van der Waals surface area contributed by atoms with E-state index in [1.54, 1.807) is 7.05 Å². The fourth-order valence-corrected chi connectivity index (χ4v) is 3.13. The molecule has 0 unspecified atom stereocenters. The minimum atomic E-state index is -1.83. The lowest BCUT2D eigenvalue weighted by Gasteiger charge is -2.30. The molecule has 0 saturated heterocycles. The molecule has 2 rings (SSSR count). The van der Waals surface area contributed by atoms with Gasteiger partial charge >= 0.3 is 0 Å². The molecule has 28 heavy (non-hydrogen) atoms. The predicted octanol–water partition coefficient (Wildman–Crippen LogP) is 1.18. The van der Waals surface area contributed by atoms with Gasteiger partial charge in [0.15, 0.2) is 17.3 Å². The highest BCUT2D eigenvalue weighted by molar-refractivity contribution is 6.13. The molecule has 7 nitrogen and oxygen atoms in total. The summed E-state index contributed by atoms with van der Waals surface area (Å²) in [5, 5.41) is 7.41. The van der Waals surface area contributed by atoms with Crippen LogP contribution in [0.15, 0.2) is 60.7 Å². The van der Waals surface area contributed by atoms with Crippen molar-refractivity contribution in [3.8, 4) is 0 Å². The molecule has 2 aromatic rings. The molecule has 1 atom stereocenters. The van der Waals surface area contributed by atoms with Crippen LogP contribution in [0.3, 0.4) is 0 Å². The minimum Gasteiger partial charge on any atom is -0.370 e. The Morgan fingerprint density at radius 3 is 1.86 bits per heavy atom.